The van der Waals surface area contributed by atoms with E-state index in [1.165, 1.54) is 12.1 Å². The van der Waals surface area contributed by atoms with Crippen LogP contribution in [0, 0.1) is 0 Å². The van der Waals surface area contributed by atoms with Gasteiger partial charge in [-0.2, -0.15) is 8.78 Å². The fourth-order valence-corrected chi connectivity index (χ4v) is 3.96. The first-order chi connectivity index (χ1) is 9.98. The molecular weight excluding hydrogens is 320 g/mol. The summed E-state index contributed by atoms with van der Waals surface area (Å²) in [4.78, 5) is 1.63. The lowest BCUT2D eigenvalue weighted by molar-refractivity contribution is 0.234. The van der Waals surface area contributed by atoms with Crippen LogP contribution in [0.3, 0.4) is 0 Å². The molecule has 0 N–H and O–H groups in total. The van der Waals surface area contributed by atoms with Crippen molar-refractivity contribution in [1.29, 1.82) is 0 Å². The van der Waals surface area contributed by atoms with Crippen molar-refractivity contribution in [2.75, 3.05) is 17.3 Å². The number of piperidine rings is 1. The molecule has 0 radical (unpaired) electrons. The third kappa shape index (κ3) is 3.48. The summed E-state index contributed by atoms with van der Waals surface area (Å²) >= 11 is 5.80. The number of hydrogen-bond donors (Lipinski definition) is 0. The summed E-state index contributed by atoms with van der Waals surface area (Å²) < 4.78 is 49.4. The van der Waals surface area contributed by atoms with Crippen LogP contribution >= 0.6 is 11.6 Å². The van der Waals surface area contributed by atoms with Gasteiger partial charge in [0.15, 0.2) is 0 Å². The number of rotatable bonds is 5. The average molecular weight is 338 g/mol. The highest BCUT2D eigenvalue weighted by Gasteiger charge is 2.32. The van der Waals surface area contributed by atoms with Gasteiger partial charge in [-0.1, -0.05) is 12.1 Å². The summed E-state index contributed by atoms with van der Waals surface area (Å²) in [5, 5.41) is 0. The normalized spacial score (nSPS) is 20.0. The van der Waals surface area contributed by atoms with Crippen LogP contribution in [0.2, 0.25) is 0 Å². The number of para-hydroxylation sites is 1. The zero-order valence-electron chi connectivity index (χ0n) is 11.5. The van der Waals surface area contributed by atoms with Gasteiger partial charge >= 0.3 is 5.76 Å². The Kier molecular flexibility index (Phi) is 5.43. The van der Waals surface area contributed by atoms with Gasteiger partial charge in [-0.15, -0.1) is 11.6 Å². The molecule has 21 heavy (non-hydrogen) atoms. The molecule has 1 aromatic carbocycles. The van der Waals surface area contributed by atoms with Gasteiger partial charge in [-0.05, 0) is 37.8 Å². The van der Waals surface area contributed by atoms with Gasteiger partial charge < -0.3 is 4.90 Å². The van der Waals surface area contributed by atoms with E-state index < -0.39 is 15.6 Å². The minimum absolute atomic E-state index is 0.102. The zero-order chi connectivity index (χ0) is 15.5. The first-order valence-electron chi connectivity index (χ1n) is 6.92. The molecule has 118 valence electrons. The number of sulfone groups is 1. The summed E-state index contributed by atoms with van der Waals surface area (Å²) in [6.07, 6.45) is 3.57. The smallest absolute Gasteiger partial charge is 0.341 e. The second-order valence-corrected chi connectivity index (χ2v) is 7.36. The molecule has 1 saturated heterocycles. The van der Waals surface area contributed by atoms with E-state index in [0.29, 0.717) is 24.5 Å². The highest BCUT2D eigenvalue weighted by Crippen LogP contribution is 2.34. The lowest BCUT2D eigenvalue weighted by Gasteiger charge is -2.38. The van der Waals surface area contributed by atoms with Crippen LogP contribution in [-0.2, 0) is 9.84 Å². The molecule has 1 aliphatic heterocycles. The summed E-state index contributed by atoms with van der Waals surface area (Å²) in [6.45, 7) is 0.664. The highest BCUT2D eigenvalue weighted by atomic mass is 35.5. The Morgan fingerprint density at radius 1 is 1.29 bits per heavy atom. The summed E-state index contributed by atoms with van der Waals surface area (Å²) in [5.41, 5.74) is 0.368. The Hall–Kier alpha value is -0.880. The molecule has 1 heterocycles. The maximum atomic E-state index is 12.9. The van der Waals surface area contributed by atoms with Crippen LogP contribution < -0.4 is 4.90 Å². The van der Waals surface area contributed by atoms with E-state index in [4.69, 9.17) is 11.6 Å². The monoisotopic (exact) mass is 337 g/mol. The van der Waals surface area contributed by atoms with Crippen LogP contribution in [0.15, 0.2) is 29.2 Å². The molecule has 0 amide bonds. The number of anilines is 1. The van der Waals surface area contributed by atoms with E-state index in [0.717, 1.165) is 19.3 Å². The fraction of sp³-hybridized carbons (Fsp3) is 0.571. The van der Waals surface area contributed by atoms with E-state index in [2.05, 4.69) is 0 Å². The molecule has 1 aromatic rings. The highest BCUT2D eigenvalue weighted by molar-refractivity contribution is 7.91. The van der Waals surface area contributed by atoms with Crippen LogP contribution in [0.25, 0.3) is 0 Å². The molecule has 3 nitrogen and oxygen atoms in total. The quantitative estimate of drug-likeness (QED) is 0.769. The van der Waals surface area contributed by atoms with Gasteiger partial charge in [0.1, 0.15) is 0 Å². The number of nitrogens with zero attached hydrogens (tertiary/aromatic N) is 1. The van der Waals surface area contributed by atoms with Crippen LogP contribution in [0.4, 0.5) is 14.5 Å². The molecule has 0 saturated carbocycles. The lowest BCUT2D eigenvalue weighted by atomic mass is 9.99. The van der Waals surface area contributed by atoms with Crippen LogP contribution in [0.5, 0.6) is 0 Å². The third-order valence-electron chi connectivity index (χ3n) is 3.79. The van der Waals surface area contributed by atoms with Crippen LogP contribution in [0.1, 0.15) is 25.7 Å². The van der Waals surface area contributed by atoms with E-state index in [9.17, 15) is 17.2 Å². The molecular formula is C14H18ClF2NO2S. The largest absolute Gasteiger partial charge is 0.367 e. The second-order valence-electron chi connectivity index (χ2n) is 5.09. The molecule has 0 aromatic heterocycles. The fourth-order valence-electron chi connectivity index (χ4n) is 2.77. The Morgan fingerprint density at radius 2 is 2.00 bits per heavy atom. The van der Waals surface area contributed by atoms with Gasteiger partial charge in [0.05, 0.1) is 10.6 Å². The molecule has 1 aliphatic rings. The summed E-state index contributed by atoms with van der Waals surface area (Å²) in [5.74, 6) is -2.94. The molecule has 0 aliphatic carbocycles. The number of hydrogen-bond acceptors (Lipinski definition) is 3. The molecule has 0 bridgehead atoms. The van der Waals surface area contributed by atoms with Gasteiger partial charge in [0.25, 0.3) is 0 Å². The molecule has 1 fully saturated rings. The van der Waals surface area contributed by atoms with Crippen molar-refractivity contribution >= 4 is 27.1 Å². The maximum absolute atomic E-state index is 12.9. The predicted molar refractivity (Wildman–Crippen MR) is 80.0 cm³/mol. The van der Waals surface area contributed by atoms with E-state index >= 15 is 0 Å². The summed E-state index contributed by atoms with van der Waals surface area (Å²) in [6, 6.07) is 6.10. The standard InChI is InChI=1S/C14H18ClF2NO2S/c15-9-8-11-5-3-4-10-18(11)12-6-1-2-7-13(12)21(19,20)14(16)17/h1-2,6-7,11,14H,3-5,8-10H2. The molecule has 1 unspecified atom stereocenters. The summed E-state index contributed by atoms with van der Waals surface area (Å²) in [7, 11) is -4.60. The Balaban J connectivity index is 2.44. The van der Waals surface area contributed by atoms with Crippen molar-refractivity contribution in [1.82, 2.24) is 0 Å². The van der Waals surface area contributed by atoms with Gasteiger partial charge in [0.2, 0.25) is 9.84 Å². The third-order valence-corrected chi connectivity index (χ3v) is 5.43. The Labute approximate surface area is 128 Å². The lowest BCUT2D eigenvalue weighted by Crippen LogP contribution is -2.40. The Morgan fingerprint density at radius 3 is 2.67 bits per heavy atom. The number of alkyl halides is 3. The minimum Gasteiger partial charge on any atom is -0.367 e. The minimum atomic E-state index is -4.60. The van der Waals surface area contributed by atoms with Crippen molar-refractivity contribution in [3.05, 3.63) is 24.3 Å². The van der Waals surface area contributed by atoms with Crippen LogP contribution in [-0.4, -0.2) is 32.6 Å². The van der Waals surface area contributed by atoms with Crippen molar-refractivity contribution in [2.24, 2.45) is 0 Å². The molecule has 1 atom stereocenters. The average Bonchev–Trinajstić information content (AvgIpc) is 2.48. The topological polar surface area (TPSA) is 37.4 Å². The van der Waals surface area contributed by atoms with Crippen molar-refractivity contribution in [3.8, 4) is 0 Å². The van der Waals surface area contributed by atoms with Gasteiger partial charge in [-0.25, -0.2) is 8.42 Å². The maximum Gasteiger partial charge on any atom is 0.341 e. The zero-order valence-corrected chi connectivity index (χ0v) is 13.1. The van der Waals surface area contributed by atoms with E-state index in [1.807, 2.05) is 4.90 Å². The van der Waals surface area contributed by atoms with Crippen molar-refractivity contribution < 1.29 is 17.2 Å². The molecule has 0 spiro atoms. The van der Waals surface area contributed by atoms with Crippen molar-refractivity contribution in [2.45, 2.75) is 42.4 Å². The first kappa shape index (κ1) is 16.5. The molecule has 2 rings (SSSR count). The molecule has 7 heteroatoms. The SMILES string of the molecule is O=S(=O)(c1ccccc1N1CCCCC1CCCl)C(F)F. The number of benzene rings is 1. The Bertz CT molecular complexity index is 578. The van der Waals surface area contributed by atoms with Gasteiger partial charge in [0, 0.05) is 18.5 Å². The van der Waals surface area contributed by atoms with Crippen molar-refractivity contribution in [3.63, 3.8) is 0 Å². The first-order valence-corrected chi connectivity index (χ1v) is 9.00. The second kappa shape index (κ2) is 6.92. The predicted octanol–water partition coefficient (Wildman–Crippen LogP) is 3.67. The van der Waals surface area contributed by atoms with E-state index in [-0.39, 0.29) is 10.9 Å². The number of halogens is 3. The van der Waals surface area contributed by atoms with E-state index in [1.54, 1.807) is 12.1 Å². The van der Waals surface area contributed by atoms with Gasteiger partial charge in [-0.3, -0.25) is 0 Å².